The molecule has 4 rings (SSSR count). The number of hydrogen-bond acceptors (Lipinski definition) is 2. The van der Waals surface area contributed by atoms with Gasteiger partial charge in [0.15, 0.2) is 0 Å². The van der Waals surface area contributed by atoms with Crippen LogP contribution < -0.4 is 5.32 Å². The lowest BCUT2D eigenvalue weighted by molar-refractivity contribution is 0.402. The minimum absolute atomic E-state index is 0.101. The maximum absolute atomic E-state index is 10.3. The highest BCUT2D eigenvalue weighted by Gasteiger charge is 2.39. The van der Waals surface area contributed by atoms with Crippen LogP contribution in [-0.2, 0) is 0 Å². The number of aromatic hydroxyl groups is 1. The third-order valence-corrected chi connectivity index (χ3v) is 5.82. The van der Waals surface area contributed by atoms with Crippen LogP contribution in [0.1, 0.15) is 29.5 Å². The molecule has 1 aliphatic carbocycles. The molecule has 1 aliphatic heterocycles. The van der Waals surface area contributed by atoms with Gasteiger partial charge < -0.3 is 10.4 Å². The largest absolute Gasteiger partial charge is 0.508 e. The van der Waals surface area contributed by atoms with Crippen molar-refractivity contribution in [3.63, 3.8) is 0 Å². The Hall–Kier alpha value is -1.26. The van der Waals surface area contributed by atoms with Gasteiger partial charge in [0, 0.05) is 20.4 Å². The minimum Gasteiger partial charge on any atom is -0.508 e. The number of allylic oxidation sites excluding steroid dienone is 2. The topological polar surface area (TPSA) is 32.3 Å². The van der Waals surface area contributed by atoms with E-state index in [0.717, 1.165) is 26.6 Å². The number of benzene rings is 2. The highest BCUT2D eigenvalue weighted by molar-refractivity contribution is 9.10. The van der Waals surface area contributed by atoms with Crippen molar-refractivity contribution in [3.05, 3.63) is 68.6 Å². The summed E-state index contributed by atoms with van der Waals surface area (Å²) in [5.74, 6) is 1.18. The number of phenols is 1. The molecule has 0 spiro atoms. The average molecular weight is 421 g/mol. The molecule has 112 valence electrons. The lowest BCUT2D eigenvalue weighted by Crippen LogP contribution is -2.29. The molecule has 0 saturated carbocycles. The Morgan fingerprint density at radius 1 is 1.09 bits per heavy atom. The number of fused-ring (bicyclic) bond motifs is 3. The zero-order valence-electron chi connectivity index (χ0n) is 11.8. The summed E-state index contributed by atoms with van der Waals surface area (Å²) >= 11 is 7.17. The number of nitrogens with one attached hydrogen (secondary N) is 1. The monoisotopic (exact) mass is 419 g/mol. The molecule has 2 aliphatic rings. The third kappa shape index (κ3) is 2.20. The van der Waals surface area contributed by atoms with Crippen LogP contribution in [0.4, 0.5) is 5.69 Å². The summed E-state index contributed by atoms with van der Waals surface area (Å²) in [7, 11) is 0. The lowest BCUT2D eigenvalue weighted by Gasteiger charge is -2.38. The second-order valence-electron chi connectivity index (χ2n) is 5.88. The molecule has 0 radical (unpaired) electrons. The predicted octanol–water partition coefficient (Wildman–Crippen LogP) is 5.74. The highest BCUT2D eigenvalue weighted by Crippen LogP contribution is 2.52. The molecule has 0 aromatic heterocycles. The van der Waals surface area contributed by atoms with E-state index >= 15 is 0 Å². The summed E-state index contributed by atoms with van der Waals surface area (Å²) in [5.41, 5.74) is 3.42. The molecular weight excluding hydrogens is 406 g/mol. The van der Waals surface area contributed by atoms with Crippen molar-refractivity contribution in [3.8, 4) is 5.75 Å². The zero-order valence-corrected chi connectivity index (χ0v) is 14.9. The van der Waals surface area contributed by atoms with Crippen molar-refractivity contribution < 1.29 is 5.11 Å². The Balaban J connectivity index is 1.85. The standard InChI is InChI=1S/C18H15Br2NO/c19-10-7-8-16(22)14(9-10)17-12-4-1-3-11(12)13-5-2-6-15(20)18(13)21-17/h1-3,5-9,11-12,17,21-22H,4H2. The first-order valence-electron chi connectivity index (χ1n) is 7.35. The van der Waals surface area contributed by atoms with Crippen molar-refractivity contribution in [2.24, 2.45) is 5.92 Å². The van der Waals surface area contributed by atoms with Gasteiger partial charge in [-0.1, -0.05) is 40.2 Å². The second kappa shape index (κ2) is 5.43. The van der Waals surface area contributed by atoms with Crippen LogP contribution in [0.5, 0.6) is 5.75 Å². The Bertz CT molecular complexity index is 772. The smallest absolute Gasteiger partial charge is 0.120 e. The number of anilines is 1. The van der Waals surface area contributed by atoms with E-state index in [-0.39, 0.29) is 6.04 Å². The van der Waals surface area contributed by atoms with Crippen LogP contribution in [-0.4, -0.2) is 5.11 Å². The van der Waals surface area contributed by atoms with Crippen LogP contribution >= 0.6 is 31.9 Å². The molecule has 0 fully saturated rings. The summed E-state index contributed by atoms with van der Waals surface area (Å²) in [6.45, 7) is 0. The van der Waals surface area contributed by atoms with Gasteiger partial charge in [0.25, 0.3) is 0 Å². The third-order valence-electron chi connectivity index (χ3n) is 4.67. The first-order chi connectivity index (χ1) is 10.6. The average Bonchev–Trinajstić information content (AvgIpc) is 2.99. The van der Waals surface area contributed by atoms with E-state index in [1.807, 2.05) is 12.1 Å². The van der Waals surface area contributed by atoms with Gasteiger partial charge in [-0.05, 0) is 58.1 Å². The fourth-order valence-corrected chi connectivity index (χ4v) is 4.54. The first kappa shape index (κ1) is 14.3. The molecule has 3 unspecified atom stereocenters. The molecule has 1 heterocycles. The van der Waals surface area contributed by atoms with Crippen LogP contribution in [0, 0.1) is 5.92 Å². The molecule has 0 saturated heterocycles. The molecule has 2 nitrogen and oxygen atoms in total. The van der Waals surface area contributed by atoms with Gasteiger partial charge in [-0.2, -0.15) is 0 Å². The first-order valence-corrected chi connectivity index (χ1v) is 8.94. The molecule has 0 bridgehead atoms. The van der Waals surface area contributed by atoms with Crippen LogP contribution in [0.15, 0.2) is 57.5 Å². The van der Waals surface area contributed by atoms with Crippen molar-refractivity contribution in [1.29, 1.82) is 0 Å². The minimum atomic E-state index is 0.101. The van der Waals surface area contributed by atoms with Crippen molar-refractivity contribution in [2.75, 3.05) is 5.32 Å². The Kier molecular flexibility index (Phi) is 3.54. The van der Waals surface area contributed by atoms with Crippen LogP contribution in [0.2, 0.25) is 0 Å². The molecule has 0 amide bonds. The molecular formula is C18H15Br2NO. The summed E-state index contributed by atoms with van der Waals surface area (Å²) in [5, 5.41) is 14.0. The lowest BCUT2D eigenvalue weighted by atomic mass is 9.77. The second-order valence-corrected chi connectivity index (χ2v) is 7.65. The molecule has 2 aromatic carbocycles. The number of para-hydroxylation sites is 1. The summed E-state index contributed by atoms with van der Waals surface area (Å²) in [4.78, 5) is 0. The summed E-state index contributed by atoms with van der Waals surface area (Å²) < 4.78 is 2.06. The maximum atomic E-state index is 10.3. The van der Waals surface area contributed by atoms with E-state index in [9.17, 15) is 5.11 Å². The van der Waals surface area contributed by atoms with Crippen molar-refractivity contribution in [2.45, 2.75) is 18.4 Å². The summed E-state index contributed by atoms with van der Waals surface area (Å²) in [6.07, 6.45) is 5.59. The van der Waals surface area contributed by atoms with Crippen molar-refractivity contribution >= 4 is 37.5 Å². The molecule has 22 heavy (non-hydrogen) atoms. The molecule has 4 heteroatoms. The predicted molar refractivity (Wildman–Crippen MR) is 96.3 cm³/mol. The highest BCUT2D eigenvalue weighted by atomic mass is 79.9. The van der Waals surface area contributed by atoms with Gasteiger partial charge in [0.05, 0.1) is 11.7 Å². The molecule has 3 atom stereocenters. The number of phenolic OH excluding ortho intramolecular Hbond substituents is 1. The van der Waals surface area contributed by atoms with E-state index in [1.165, 1.54) is 5.56 Å². The number of halogens is 2. The van der Waals surface area contributed by atoms with Gasteiger partial charge in [-0.25, -0.2) is 0 Å². The Labute approximate surface area is 146 Å². The van der Waals surface area contributed by atoms with E-state index in [2.05, 4.69) is 67.5 Å². The molecule has 2 N–H and O–H groups in total. The van der Waals surface area contributed by atoms with Crippen LogP contribution in [0.3, 0.4) is 0 Å². The Morgan fingerprint density at radius 3 is 2.82 bits per heavy atom. The van der Waals surface area contributed by atoms with Gasteiger partial charge in [0.1, 0.15) is 5.75 Å². The van der Waals surface area contributed by atoms with Gasteiger partial charge in [-0.3, -0.25) is 0 Å². The van der Waals surface area contributed by atoms with Crippen molar-refractivity contribution in [1.82, 2.24) is 0 Å². The maximum Gasteiger partial charge on any atom is 0.120 e. The normalized spacial score (nSPS) is 25.5. The van der Waals surface area contributed by atoms with E-state index in [1.54, 1.807) is 6.07 Å². The van der Waals surface area contributed by atoms with E-state index in [4.69, 9.17) is 0 Å². The van der Waals surface area contributed by atoms with Gasteiger partial charge in [-0.15, -0.1) is 0 Å². The van der Waals surface area contributed by atoms with Gasteiger partial charge in [0.2, 0.25) is 0 Å². The fraction of sp³-hybridized carbons (Fsp3) is 0.222. The SMILES string of the molecule is Oc1ccc(Br)cc1C1Nc2c(Br)cccc2C2C=CCC21. The zero-order chi connectivity index (χ0) is 15.3. The van der Waals surface area contributed by atoms with E-state index in [0.29, 0.717) is 17.6 Å². The number of hydrogen-bond donors (Lipinski definition) is 2. The fourth-order valence-electron chi connectivity index (χ4n) is 3.67. The quantitative estimate of drug-likeness (QED) is 0.576. The molecule has 2 aromatic rings. The summed E-state index contributed by atoms with van der Waals surface area (Å²) in [6, 6.07) is 12.1. The van der Waals surface area contributed by atoms with Gasteiger partial charge >= 0.3 is 0 Å². The van der Waals surface area contributed by atoms with E-state index < -0.39 is 0 Å². The number of rotatable bonds is 1. The van der Waals surface area contributed by atoms with Crippen LogP contribution in [0.25, 0.3) is 0 Å². The Morgan fingerprint density at radius 2 is 1.95 bits per heavy atom.